The van der Waals surface area contributed by atoms with Crippen LogP contribution in [0.2, 0.25) is 0 Å². The van der Waals surface area contributed by atoms with Crippen LogP contribution in [0.25, 0.3) is 0 Å². The Morgan fingerprint density at radius 2 is 1.65 bits per heavy atom. The third-order valence-corrected chi connectivity index (χ3v) is 8.58. The van der Waals surface area contributed by atoms with E-state index in [2.05, 4.69) is 0 Å². The Morgan fingerprint density at radius 1 is 0.959 bits per heavy atom. The van der Waals surface area contributed by atoms with Crippen LogP contribution in [-0.4, -0.2) is 52.2 Å². The molecule has 1 unspecified atom stereocenters. The number of non-ortho nitro benzene ring substituents is 1. The summed E-state index contributed by atoms with van der Waals surface area (Å²) in [5.41, 5.74) is 3.36. The first-order chi connectivity index (χ1) is 23.2. The molecule has 1 aliphatic heterocycles. The van der Waals surface area contributed by atoms with Crippen molar-refractivity contribution in [1.82, 2.24) is 14.0 Å². The normalized spacial score (nSPS) is 14.6. The maximum atomic E-state index is 15.0. The van der Waals surface area contributed by atoms with E-state index in [9.17, 15) is 37.3 Å². The number of nitrogens with zero attached hydrogens (tertiary/aromatic N) is 5. The van der Waals surface area contributed by atoms with Crippen molar-refractivity contribution >= 4 is 11.4 Å². The molecule has 0 aliphatic carbocycles. The highest BCUT2D eigenvalue weighted by Gasteiger charge is 2.35. The van der Waals surface area contributed by atoms with Gasteiger partial charge in [-0.2, -0.15) is 13.2 Å². The molecule has 1 aromatic heterocycles. The van der Waals surface area contributed by atoms with Crippen molar-refractivity contribution in [2.24, 2.45) is 5.73 Å². The zero-order valence-corrected chi connectivity index (χ0v) is 26.5. The highest BCUT2D eigenvalue weighted by Crippen LogP contribution is 2.34. The monoisotopic (exact) mass is 688 g/mol. The molecule has 1 atom stereocenters. The van der Waals surface area contributed by atoms with Gasteiger partial charge in [-0.25, -0.2) is 13.6 Å². The summed E-state index contributed by atoms with van der Waals surface area (Å²) in [4.78, 5) is 42.4. The first kappa shape index (κ1) is 35.2. The van der Waals surface area contributed by atoms with Gasteiger partial charge in [0.1, 0.15) is 23.1 Å². The van der Waals surface area contributed by atoms with Crippen LogP contribution in [0.3, 0.4) is 0 Å². The Morgan fingerprint density at radius 3 is 2.31 bits per heavy atom. The molecular formula is C33H33F5N6O5. The molecule has 0 radical (unpaired) electrons. The lowest BCUT2D eigenvalue weighted by molar-refractivity contribution is -0.384. The molecule has 1 fully saturated rings. The quantitative estimate of drug-likeness (QED) is 0.146. The number of aromatic nitrogens is 2. The molecule has 49 heavy (non-hydrogen) atoms. The van der Waals surface area contributed by atoms with Crippen molar-refractivity contribution in [2.45, 2.75) is 38.8 Å². The van der Waals surface area contributed by atoms with Crippen LogP contribution in [0, 0.1) is 28.7 Å². The molecule has 0 spiro atoms. The molecule has 11 nitrogen and oxygen atoms in total. The van der Waals surface area contributed by atoms with Gasteiger partial charge >= 0.3 is 11.9 Å². The van der Waals surface area contributed by atoms with Crippen molar-refractivity contribution in [3.05, 3.63) is 131 Å². The van der Waals surface area contributed by atoms with Crippen LogP contribution < -0.4 is 26.6 Å². The van der Waals surface area contributed by atoms with Crippen molar-refractivity contribution in [3.63, 3.8) is 0 Å². The maximum absolute atomic E-state index is 15.0. The van der Waals surface area contributed by atoms with E-state index in [4.69, 9.17) is 10.5 Å². The highest BCUT2D eigenvalue weighted by molar-refractivity contribution is 5.50. The fourth-order valence-electron chi connectivity index (χ4n) is 6.09. The van der Waals surface area contributed by atoms with Crippen molar-refractivity contribution < 1.29 is 31.6 Å². The number of ether oxygens (including phenoxy) is 1. The number of hydrogen-bond acceptors (Lipinski definition) is 8. The number of anilines is 1. The highest BCUT2D eigenvalue weighted by atomic mass is 19.4. The van der Waals surface area contributed by atoms with Gasteiger partial charge in [0.15, 0.2) is 0 Å². The van der Waals surface area contributed by atoms with Crippen LogP contribution in [0.4, 0.5) is 33.3 Å². The Bertz CT molecular complexity index is 1990. The van der Waals surface area contributed by atoms with Gasteiger partial charge in [-0.15, -0.1) is 0 Å². The average Bonchev–Trinajstić information content (AvgIpc) is 3.06. The molecular weight excluding hydrogens is 655 g/mol. The van der Waals surface area contributed by atoms with Gasteiger partial charge in [-0.1, -0.05) is 18.2 Å². The molecule has 5 rings (SSSR count). The summed E-state index contributed by atoms with van der Waals surface area (Å²) in [6.07, 6.45) is -4.93. The molecule has 2 heterocycles. The summed E-state index contributed by atoms with van der Waals surface area (Å²) in [6.45, 7) is 1.74. The molecule has 3 aromatic carbocycles. The lowest BCUT2D eigenvalue weighted by atomic mass is 10.1. The summed E-state index contributed by atoms with van der Waals surface area (Å²) in [5.74, 6) is -1.64. The molecule has 16 heteroatoms. The molecule has 0 saturated carbocycles. The predicted octanol–water partition coefficient (Wildman–Crippen LogP) is 4.60. The van der Waals surface area contributed by atoms with E-state index < -0.39 is 64.2 Å². The number of benzene rings is 3. The summed E-state index contributed by atoms with van der Waals surface area (Å²) in [7, 11) is 1.33. The second-order valence-electron chi connectivity index (χ2n) is 11.7. The van der Waals surface area contributed by atoms with E-state index in [1.165, 1.54) is 32.2 Å². The van der Waals surface area contributed by atoms with Crippen molar-refractivity contribution in [2.75, 3.05) is 38.2 Å². The summed E-state index contributed by atoms with van der Waals surface area (Å²) >= 11 is 0. The Balaban J connectivity index is 1.55. The standard InChI is InChI=1S/C33H33F5N6O5/c1-20-30(41-13-11-40(12-14-41)17-21-5-3-6-23(15-21)44(47)48)31(45)43(19-28(39)24-16-22(34)9-10-29(24)49-2)32(46)42(20)18-25-26(33(36,37)38)7-4-8-27(25)35/h3-10,15-16,28H,11-14,17-19,39H2,1-2H3. The SMILES string of the molecule is COc1ccc(F)cc1C(N)Cn1c(=O)c(N2CCN(Cc3cccc([N+](=O)[O-])c3)CC2)c(C)n(Cc2c(F)cccc2C(F)(F)F)c1=O. The first-order valence-electron chi connectivity index (χ1n) is 15.2. The van der Waals surface area contributed by atoms with E-state index in [1.54, 1.807) is 17.0 Å². The number of rotatable bonds is 10. The fraction of sp³-hybridized carbons (Fsp3) is 0.333. The molecule has 2 N–H and O–H groups in total. The van der Waals surface area contributed by atoms with Gasteiger partial charge in [0.25, 0.3) is 11.2 Å². The van der Waals surface area contributed by atoms with Gasteiger partial charge in [-0.05, 0) is 42.8 Å². The lowest BCUT2D eigenvalue weighted by Gasteiger charge is -2.37. The topological polar surface area (TPSA) is 129 Å². The second kappa shape index (κ2) is 14.2. The fourth-order valence-corrected chi connectivity index (χ4v) is 6.09. The van der Waals surface area contributed by atoms with Gasteiger partial charge in [0.05, 0.1) is 36.7 Å². The number of nitro benzene ring substituents is 1. The van der Waals surface area contributed by atoms with Gasteiger partial charge in [-0.3, -0.25) is 28.9 Å². The second-order valence-corrected chi connectivity index (χ2v) is 11.7. The third kappa shape index (κ3) is 7.49. The molecule has 1 aliphatic rings. The lowest BCUT2D eigenvalue weighted by Crippen LogP contribution is -2.51. The van der Waals surface area contributed by atoms with Crippen LogP contribution in [0.15, 0.2) is 70.3 Å². The van der Waals surface area contributed by atoms with Crippen molar-refractivity contribution in [1.29, 1.82) is 0 Å². The molecule has 0 amide bonds. The van der Waals surface area contributed by atoms with Crippen LogP contribution >= 0.6 is 0 Å². The first-order valence-corrected chi connectivity index (χ1v) is 15.2. The number of nitrogens with two attached hydrogens (primary N) is 1. The minimum Gasteiger partial charge on any atom is -0.496 e. The number of alkyl halides is 3. The van der Waals surface area contributed by atoms with E-state index in [0.29, 0.717) is 31.3 Å². The van der Waals surface area contributed by atoms with E-state index >= 15 is 4.39 Å². The molecule has 260 valence electrons. The number of hydrogen-bond donors (Lipinski definition) is 1. The van der Waals surface area contributed by atoms with Gasteiger partial charge < -0.3 is 15.4 Å². The molecule has 0 bridgehead atoms. The van der Waals surface area contributed by atoms with Gasteiger partial charge in [0, 0.05) is 61.7 Å². The molecule has 1 saturated heterocycles. The minimum atomic E-state index is -4.93. The average molecular weight is 689 g/mol. The smallest absolute Gasteiger partial charge is 0.416 e. The minimum absolute atomic E-state index is 0.0119. The zero-order chi connectivity index (χ0) is 35.6. The Kier molecular flexibility index (Phi) is 10.2. The summed E-state index contributed by atoms with van der Waals surface area (Å²) in [5, 5.41) is 11.2. The third-order valence-electron chi connectivity index (χ3n) is 8.58. The largest absolute Gasteiger partial charge is 0.496 e. The van der Waals surface area contributed by atoms with E-state index in [1.807, 2.05) is 4.90 Å². The van der Waals surface area contributed by atoms with Crippen LogP contribution in [0.1, 0.15) is 34.0 Å². The maximum Gasteiger partial charge on any atom is 0.416 e. The summed E-state index contributed by atoms with van der Waals surface area (Å²) < 4.78 is 78.0. The van der Waals surface area contributed by atoms with Crippen LogP contribution in [0.5, 0.6) is 5.75 Å². The van der Waals surface area contributed by atoms with E-state index in [-0.39, 0.29) is 41.5 Å². The van der Waals surface area contributed by atoms with Crippen molar-refractivity contribution in [3.8, 4) is 5.75 Å². The Hall–Kier alpha value is -5.09. The Labute approximate surface area is 276 Å². The van der Waals surface area contributed by atoms with E-state index in [0.717, 1.165) is 33.4 Å². The number of methoxy groups -OCH3 is 1. The number of piperazine rings is 1. The number of nitro groups is 1. The molecule has 4 aromatic rings. The van der Waals surface area contributed by atoms with Crippen LogP contribution in [-0.2, 0) is 25.8 Å². The predicted molar refractivity (Wildman–Crippen MR) is 171 cm³/mol. The zero-order valence-electron chi connectivity index (χ0n) is 26.5. The summed E-state index contributed by atoms with van der Waals surface area (Å²) in [6, 6.07) is 11.1. The number of halogens is 5. The van der Waals surface area contributed by atoms with Gasteiger partial charge in [0.2, 0.25) is 0 Å².